The lowest BCUT2D eigenvalue weighted by atomic mass is 10.1. The van der Waals surface area contributed by atoms with Crippen LogP contribution in [0.5, 0.6) is 0 Å². The Hall–Kier alpha value is -0.370. The fraction of sp³-hybridized carbons (Fsp3) is 0.714. The third-order valence-electron chi connectivity index (χ3n) is 2.18. The van der Waals surface area contributed by atoms with Gasteiger partial charge in [0.05, 0.1) is 0 Å². The zero-order valence-electron chi connectivity index (χ0n) is 5.31. The third kappa shape index (κ3) is 0.778. The van der Waals surface area contributed by atoms with Gasteiger partial charge in [-0.1, -0.05) is 0 Å². The minimum atomic E-state index is 0.351. The van der Waals surface area contributed by atoms with Crippen molar-refractivity contribution in [2.24, 2.45) is 0 Å². The Morgan fingerprint density at radius 3 is 2.89 bits per heavy atom. The van der Waals surface area contributed by atoms with Crippen molar-refractivity contribution in [1.29, 1.82) is 0 Å². The van der Waals surface area contributed by atoms with Gasteiger partial charge in [0.15, 0.2) is 5.78 Å². The maximum absolute atomic E-state index is 11.0. The molecule has 0 spiro atoms. The van der Waals surface area contributed by atoms with Crippen LogP contribution in [0.3, 0.4) is 0 Å². The van der Waals surface area contributed by atoms with Crippen LogP contribution >= 0.6 is 0 Å². The van der Waals surface area contributed by atoms with Crippen molar-refractivity contribution < 1.29 is 4.79 Å². The molecule has 0 aromatic heterocycles. The molecule has 0 aliphatic carbocycles. The second-order valence-electron chi connectivity index (χ2n) is 2.82. The summed E-state index contributed by atoms with van der Waals surface area (Å²) in [7, 11) is 0. The van der Waals surface area contributed by atoms with E-state index in [2.05, 4.69) is 5.32 Å². The third-order valence-corrected chi connectivity index (χ3v) is 2.18. The van der Waals surface area contributed by atoms with Crippen LogP contribution in [0.4, 0.5) is 0 Å². The molecular formula is C7H10NO. The highest BCUT2D eigenvalue weighted by Crippen LogP contribution is 2.28. The molecule has 0 saturated carbocycles. The van der Waals surface area contributed by atoms with Gasteiger partial charge in [-0.3, -0.25) is 4.79 Å². The Morgan fingerprint density at radius 1 is 1.33 bits per heavy atom. The van der Waals surface area contributed by atoms with E-state index in [-0.39, 0.29) is 0 Å². The van der Waals surface area contributed by atoms with Gasteiger partial charge in [-0.15, -0.1) is 0 Å². The average molecular weight is 124 g/mol. The fourth-order valence-corrected chi connectivity index (χ4v) is 1.60. The van der Waals surface area contributed by atoms with Crippen LogP contribution in [0.25, 0.3) is 0 Å². The number of carbonyl (C=O) groups excluding carboxylic acids is 1. The Morgan fingerprint density at radius 2 is 2.11 bits per heavy atom. The Labute approximate surface area is 54.6 Å². The molecule has 2 bridgehead atoms. The first-order chi connectivity index (χ1) is 4.36. The van der Waals surface area contributed by atoms with Gasteiger partial charge < -0.3 is 5.32 Å². The van der Waals surface area contributed by atoms with E-state index in [1.165, 1.54) is 6.42 Å². The molecule has 2 heteroatoms. The van der Waals surface area contributed by atoms with Crippen molar-refractivity contribution in [1.82, 2.24) is 5.32 Å². The standard InChI is InChI=1S/C7H10NO/c9-7-4-2-5-1-3-6(7)8-5/h5,8H,1-4H2. The van der Waals surface area contributed by atoms with Gasteiger partial charge in [0.2, 0.25) is 0 Å². The predicted molar refractivity (Wildman–Crippen MR) is 33.6 cm³/mol. The quantitative estimate of drug-likeness (QED) is 0.513. The van der Waals surface area contributed by atoms with Gasteiger partial charge >= 0.3 is 0 Å². The zero-order chi connectivity index (χ0) is 6.27. The molecule has 1 unspecified atom stereocenters. The summed E-state index contributed by atoms with van der Waals surface area (Å²) < 4.78 is 0. The Kier molecular flexibility index (Phi) is 1.09. The van der Waals surface area contributed by atoms with Crippen molar-refractivity contribution in [3.8, 4) is 0 Å². The van der Waals surface area contributed by atoms with Crippen molar-refractivity contribution in [3.63, 3.8) is 0 Å². The summed E-state index contributed by atoms with van der Waals surface area (Å²) in [5.74, 6) is 0.351. The van der Waals surface area contributed by atoms with Crippen LogP contribution in [-0.2, 0) is 4.79 Å². The minimum Gasteiger partial charge on any atom is -0.300 e. The van der Waals surface area contributed by atoms with E-state index < -0.39 is 0 Å². The summed E-state index contributed by atoms with van der Waals surface area (Å²) in [6.45, 7) is 0. The summed E-state index contributed by atoms with van der Waals surface area (Å²) in [4.78, 5) is 11.0. The molecule has 1 N–H and O–H groups in total. The molecule has 0 aromatic carbocycles. The SMILES string of the molecule is O=C1CCC2CC[C]1N2. The molecule has 2 fully saturated rings. The number of hydrogen-bond donors (Lipinski definition) is 1. The van der Waals surface area contributed by atoms with Gasteiger partial charge in [0.25, 0.3) is 0 Å². The fourth-order valence-electron chi connectivity index (χ4n) is 1.60. The van der Waals surface area contributed by atoms with Crippen molar-refractivity contribution in [2.45, 2.75) is 31.7 Å². The summed E-state index contributed by atoms with van der Waals surface area (Å²) >= 11 is 0. The molecule has 2 nitrogen and oxygen atoms in total. The molecule has 9 heavy (non-hydrogen) atoms. The number of piperidine rings is 1. The minimum absolute atomic E-state index is 0.351. The number of carbonyl (C=O) groups is 1. The van der Waals surface area contributed by atoms with E-state index in [9.17, 15) is 4.79 Å². The first-order valence-corrected chi connectivity index (χ1v) is 3.52. The molecule has 2 aliphatic rings. The van der Waals surface area contributed by atoms with Crippen LogP contribution in [0.15, 0.2) is 0 Å². The predicted octanol–water partition coefficient (Wildman–Crippen LogP) is 0.633. The Bertz CT molecular complexity index is 144. The van der Waals surface area contributed by atoms with Crippen LogP contribution in [0.1, 0.15) is 25.7 Å². The van der Waals surface area contributed by atoms with Crippen molar-refractivity contribution in [2.75, 3.05) is 0 Å². The molecular weight excluding hydrogens is 114 g/mol. The normalized spacial score (nSPS) is 35.6. The smallest absolute Gasteiger partial charge is 0.155 e. The van der Waals surface area contributed by atoms with E-state index >= 15 is 0 Å². The maximum Gasteiger partial charge on any atom is 0.155 e. The first-order valence-electron chi connectivity index (χ1n) is 3.52. The van der Waals surface area contributed by atoms with E-state index in [4.69, 9.17) is 0 Å². The summed E-state index contributed by atoms with van der Waals surface area (Å²) in [5.41, 5.74) is 0. The van der Waals surface area contributed by atoms with E-state index in [0.717, 1.165) is 25.3 Å². The largest absolute Gasteiger partial charge is 0.300 e. The number of fused-ring (bicyclic) bond motifs is 2. The lowest BCUT2D eigenvalue weighted by Gasteiger charge is -2.17. The summed E-state index contributed by atoms with van der Waals surface area (Å²) in [6, 6.07) is 1.63. The van der Waals surface area contributed by atoms with Gasteiger partial charge in [-0.05, 0) is 19.3 Å². The van der Waals surface area contributed by atoms with Crippen LogP contribution in [-0.4, -0.2) is 11.8 Å². The molecule has 2 saturated heterocycles. The highest BCUT2D eigenvalue weighted by atomic mass is 16.1. The number of hydrogen-bond acceptors (Lipinski definition) is 2. The second-order valence-corrected chi connectivity index (χ2v) is 2.82. The molecule has 49 valence electrons. The zero-order valence-corrected chi connectivity index (χ0v) is 5.31. The molecule has 2 heterocycles. The topological polar surface area (TPSA) is 29.1 Å². The average Bonchev–Trinajstić information content (AvgIpc) is 2.25. The summed E-state index contributed by atoms with van der Waals surface area (Å²) in [6.07, 6.45) is 4.03. The Balaban J connectivity index is 2.14. The molecule has 1 atom stereocenters. The molecule has 2 aliphatic heterocycles. The number of nitrogens with one attached hydrogen (secondary N) is 1. The molecule has 0 amide bonds. The number of ketones is 1. The summed E-state index contributed by atoms with van der Waals surface area (Å²) in [5, 5.41) is 3.21. The highest BCUT2D eigenvalue weighted by molar-refractivity contribution is 5.92. The maximum atomic E-state index is 11.0. The first kappa shape index (κ1) is 5.42. The molecule has 2 rings (SSSR count). The number of Topliss-reactive ketones (excluding diaryl/α,β-unsaturated/α-hetero) is 1. The lowest BCUT2D eigenvalue weighted by molar-refractivity contribution is -0.118. The highest BCUT2D eigenvalue weighted by Gasteiger charge is 2.34. The number of rotatable bonds is 0. The lowest BCUT2D eigenvalue weighted by Crippen LogP contribution is -2.34. The second kappa shape index (κ2) is 1.81. The van der Waals surface area contributed by atoms with Crippen LogP contribution in [0, 0.1) is 6.04 Å². The van der Waals surface area contributed by atoms with Crippen molar-refractivity contribution >= 4 is 5.78 Å². The monoisotopic (exact) mass is 124 g/mol. The molecule has 0 aromatic rings. The van der Waals surface area contributed by atoms with Gasteiger partial charge in [-0.2, -0.15) is 0 Å². The van der Waals surface area contributed by atoms with E-state index in [1.807, 2.05) is 0 Å². The van der Waals surface area contributed by atoms with Gasteiger partial charge in [0, 0.05) is 12.5 Å². The van der Waals surface area contributed by atoms with Gasteiger partial charge in [0.1, 0.15) is 6.04 Å². The van der Waals surface area contributed by atoms with Crippen molar-refractivity contribution in [3.05, 3.63) is 6.04 Å². The van der Waals surface area contributed by atoms with E-state index in [1.54, 1.807) is 0 Å². The molecule has 1 radical (unpaired) electrons. The van der Waals surface area contributed by atoms with E-state index in [0.29, 0.717) is 11.8 Å². The van der Waals surface area contributed by atoms with Gasteiger partial charge in [-0.25, -0.2) is 0 Å². The van der Waals surface area contributed by atoms with Crippen LogP contribution < -0.4 is 5.32 Å². The van der Waals surface area contributed by atoms with Crippen LogP contribution in [0.2, 0.25) is 0 Å².